The van der Waals surface area contributed by atoms with Crippen molar-refractivity contribution >= 4 is 11.9 Å². The van der Waals surface area contributed by atoms with E-state index in [1.807, 2.05) is 30.3 Å². The molecule has 0 spiro atoms. The number of benzene rings is 2. The lowest BCUT2D eigenvalue weighted by atomic mass is 9.97. The van der Waals surface area contributed by atoms with Crippen molar-refractivity contribution in [2.24, 2.45) is 0 Å². The molecule has 154 valence electrons. The largest absolute Gasteiger partial charge is 0.493 e. The Bertz CT molecular complexity index is 844. The summed E-state index contributed by atoms with van der Waals surface area (Å²) in [5.41, 5.74) is 0.501. The van der Waals surface area contributed by atoms with Crippen LogP contribution >= 0.6 is 0 Å². The second-order valence-corrected chi connectivity index (χ2v) is 7.10. The number of hydrogen-bond acceptors (Lipinski definition) is 5. The number of carbonyl (C=O) groups is 2. The van der Waals surface area contributed by atoms with Gasteiger partial charge in [0.15, 0.2) is 11.5 Å². The van der Waals surface area contributed by atoms with Gasteiger partial charge in [0.25, 0.3) is 5.91 Å². The van der Waals surface area contributed by atoms with E-state index in [4.69, 9.17) is 14.2 Å². The fourth-order valence-corrected chi connectivity index (χ4v) is 3.58. The lowest BCUT2D eigenvalue weighted by Gasteiger charge is -2.27. The van der Waals surface area contributed by atoms with Crippen molar-refractivity contribution in [3.8, 4) is 11.5 Å². The predicted molar refractivity (Wildman–Crippen MR) is 109 cm³/mol. The van der Waals surface area contributed by atoms with Gasteiger partial charge >= 0.3 is 5.97 Å². The summed E-state index contributed by atoms with van der Waals surface area (Å²) in [6.45, 7) is 2.45. The van der Waals surface area contributed by atoms with Crippen LogP contribution in [-0.4, -0.2) is 31.1 Å². The third-order valence-electron chi connectivity index (χ3n) is 5.14. The quantitative estimate of drug-likeness (QED) is 0.685. The van der Waals surface area contributed by atoms with Crippen LogP contribution in [0, 0.1) is 0 Å². The number of amides is 1. The number of ether oxygens (including phenoxy) is 3. The van der Waals surface area contributed by atoms with Gasteiger partial charge in [-0.15, -0.1) is 0 Å². The second kappa shape index (κ2) is 9.45. The number of esters is 1. The molecule has 2 aromatic carbocycles. The average Bonchev–Trinajstić information content (AvgIpc) is 3.22. The van der Waals surface area contributed by atoms with Gasteiger partial charge in [-0.25, -0.2) is 4.79 Å². The molecular formula is C23H27NO5. The minimum Gasteiger partial charge on any atom is -0.493 e. The summed E-state index contributed by atoms with van der Waals surface area (Å²) >= 11 is 0. The fraction of sp³-hybridized carbons (Fsp3) is 0.391. The number of hydrogen-bond donors (Lipinski definition) is 1. The third kappa shape index (κ3) is 4.88. The van der Waals surface area contributed by atoms with E-state index in [1.165, 1.54) is 7.11 Å². The molecule has 6 heteroatoms. The molecule has 1 saturated carbocycles. The molecule has 1 N–H and O–H groups in total. The molecular weight excluding hydrogens is 370 g/mol. The molecule has 0 atom stereocenters. The molecule has 29 heavy (non-hydrogen) atoms. The Hall–Kier alpha value is -3.02. The Morgan fingerprint density at radius 3 is 2.41 bits per heavy atom. The van der Waals surface area contributed by atoms with E-state index >= 15 is 0 Å². The fourth-order valence-electron chi connectivity index (χ4n) is 3.58. The molecule has 1 aliphatic carbocycles. The molecule has 1 fully saturated rings. The third-order valence-corrected chi connectivity index (χ3v) is 5.14. The molecule has 0 unspecified atom stereocenters. The monoisotopic (exact) mass is 397 g/mol. The summed E-state index contributed by atoms with van der Waals surface area (Å²) in [6, 6.07) is 14.8. The second-order valence-electron chi connectivity index (χ2n) is 7.10. The molecule has 0 aromatic heterocycles. The van der Waals surface area contributed by atoms with Gasteiger partial charge in [-0.3, -0.25) is 4.79 Å². The normalized spacial score (nSPS) is 14.8. The maximum atomic E-state index is 12.9. The molecule has 2 aromatic rings. The van der Waals surface area contributed by atoms with Crippen molar-refractivity contribution in [3.63, 3.8) is 0 Å². The molecule has 6 nitrogen and oxygen atoms in total. The Morgan fingerprint density at radius 1 is 1.03 bits per heavy atom. The average molecular weight is 397 g/mol. The van der Waals surface area contributed by atoms with Gasteiger partial charge in [0, 0.05) is 5.56 Å². The van der Waals surface area contributed by atoms with E-state index in [0.29, 0.717) is 36.5 Å². The van der Waals surface area contributed by atoms with E-state index in [-0.39, 0.29) is 18.5 Å². The molecule has 0 heterocycles. The number of carbonyl (C=O) groups excluding carboxylic acids is 2. The Kier molecular flexibility index (Phi) is 6.75. The lowest BCUT2D eigenvalue weighted by Crippen LogP contribution is -2.53. The van der Waals surface area contributed by atoms with Gasteiger partial charge < -0.3 is 19.5 Å². The van der Waals surface area contributed by atoms with E-state index in [2.05, 4.69) is 5.32 Å². The number of nitrogens with one attached hydrogen (secondary N) is 1. The van der Waals surface area contributed by atoms with Crippen LogP contribution in [0.1, 0.15) is 48.5 Å². The van der Waals surface area contributed by atoms with Crippen molar-refractivity contribution < 1.29 is 23.8 Å². The van der Waals surface area contributed by atoms with Gasteiger partial charge in [0.1, 0.15) is 12.1 Å². The van der Waals surface area contributed by atoms with Crippen molar-refractivity contribution in [2.45, 2.75) is 44.8 Å². The first-order valence-corrected chi connectivity index (χ1v) is 9.92. The first-order valence-electron chi connectivity index (χ1n) is 9.92. The van der Waals surface area contributed by atoms with Gasteiger partial charge in [-0.1, -0.05) is 43.2 Å². The number of rotatable bonds is 8. The van der Waals surface area contributed by atoms with E-state index < -0.39 is 5.54 Å². The highest BCUT2D eigenvalue weighted by atomic mass is 16.5. The van der Waals surface area contributed by atoms with E-state index in [9.17, 15) is 9.59 Å². The summed E-state index contributed by atoms with van der Waals surface area (Å²) in [5.74, 6) is 0.326. The van der Waals surface area contributed by atoms with Crippen LogP contribution in [0.3, 0.4) is 0 Å². The molecule has 0 bridgehead atoms. The van der Waals surface area contributed by atoms with Gasteiger partial charge in [0.2, 0.25) is 0 Å². The Labute approximate surface area is 171 Å². The molecule has 0 saturated heterocycles. The smallest absolute Gasteiger partial charge is 0.331 e. The summed E-state index contributed by atoms with van der Waals surface area (Å²) in [5, 5.41) is 2.91. The van der Waals surface area contributed by atoms with Gasteiger partial charge in [-0.2, -0.15) is 0 Å². The molecule has 1 amide bonds. The summed E-state index contributed by atoms with van der Waals surface area (Å²) in [6.07, 6.45) is 2.95. The van der Waals surface area contributed by atoms with Crippen molar-refractivity contribution in [3.05, 3.63) is 59.7 Å². The van der Waals surface area contributed by atoms with Crippen LogP contribution in [0.25, 0.3) is 0 Å². The van der Waals surface area contributed by atoms with Crippen LogP contribution in [0.5, 0.6) is 11.5 Å². The van der Waals surface area contributed by atoms with Gasteiger partial charge in [0.05, 0.1) is 13.7 Å². The standard InChI is InChI=1S/C23H27NO5/c1-3-28-22(26)23(13-7-8-14-23)24-21(25)18-11-12-19(20(15-18)27-2)29-16-17-9-5-4-6-10-17/h4-6,9-12,15H,3,7-8,13-14,16H2,1-2H3,(H,24,25). The summed E-state index contributed by atoms with van der Waals surface area (Å²) in [7, 11) is 1.53. The van der Waals surface area contributed by atoms with E-state index in [0.717, 1.165) is 18.4 Å². The van der Waals surface area contributed by atoms with E-state index in [1.54, 1.807) is 25.1 Å². The minimum absolute atomic E-state index is 0.289. The van der Waals surface area contributed by atoms with Gasteiger partial charge in [-0.05, 0) is 43.5 Å². The van der Waals surface area contributed by atoms with Crippen LogP contribution in [0.2, 0.25) is 0 Å². The zero-order valence-corrected chi connectivity index (χ0v) is 16.9. The Balaban J connectivity index is 1.73. The topological polar surface area (TPSA) is 73.9 Å². The Morgan fingerprint density at radius 2 is 1.76 bits per heavy atom. The van der Waals surface area contributed by atoms with Crippen molar-refractivity contribution in [1.29, 1.82) is 0 Å². The summed E-state index contributed by atoms with van der Waals surface area (Å²) in [4.78, 5) is 25.3. The van der Waals surface area contributed by atoms with Crippen molar-refractivity contribution in [1.82, 2.24) is 5.32 Å². The minimum atomic E-state index is -0.942. The zero-order valence-electron chi connectivity index (χ0n) is 16.9. The van der Waals surface area contributed by atoms with Crippen molar-refractivity contribution in [2.75, 3.05) is 13.7 Å². The van der Waals surface area contributed by atoms with Crippen LogP contribution in [-0.2, 0) is 16.1 Å². The first-order chi connectivity index (χ1) is 14.1. The highest BCUT2D eigenvalue weighted by Gasteiger charge is 2.44. The highest BCUT2D eigenvalue weighted by Crippen LogP contribution is 2.33. The predicted octanol–water partition coefficient (Wildman–Crippen LogP) is 3.88. The molecule has 0 radical (unpaired) electrons. The summed E-state index contributed by atoms with van der Waals surface area (Å²) < 4.78 is 16.5. The van der Waals surface area contributed by atoms with Crippen LogP contribution in [0.4, 0.5) is 0 Å². The SMILES string of the molecule is CCOC(=O)C1(NC(=O)c2ccc(OCc3ccccc3)c(OC)c2)CCCC1. The molecule has 3 rings (SSSR count). The molecule has 0 aliphatic heterocycles. The van der Waals surface area contributed by atoms with Crippen LogP contribution < -0.4 is 14.8 Å². The molecule has 1 aliphatic rings. The maximum Gasteiger partial charge on any atom is 0.331 e. The lowest BCUT2D eigenvalue weighted by molar-refractivity contribution is -0.150. The maximum absolute atomic E-state index is 12.9. The zero-order chi connectivity index (χ0) is 20.7. The van der Waals surface area contributed by atoms with Crippen LogP contribution in [0.15, 0.2) is 48.5 Å². The number of methoxy groups -OCH3 is 1. The highest BCUT2D eigenvalue weighted by molar-refractivity contribution is 5.98. The first kappa shape index (κ1) is 20.7.